The minimum Gasteiger partial charge on any atom is -0.304 e. The molecule has 0 fully saturated rings. The van der Waals surface area contributed by atoms with Gasteiger partial charge in [-0.15, -0.1) is 0 Å². The van der Waals surface area contributed by atoms with Crippen LogP contribution in [0.15, 0.2) is 21.7 Å². The summed E-state index contributed by atoms with van der Waals surface area (Å²) in [5.41, 5.74) is 0. The molecular formula is C2H5N3S. The fourth-order valence-electron chi connectivity index (χ4n) is 0.0605. The molecule has 0 bridgehead atoms. The maximum Gasteiger partial charge on any atom is 0.0273 e. The Balaban J connectivity index is 2.85. The fourth-order valence-corrected chi connectivity index (χ4v) is 0.182. The van der Waals surface area contributed by atoms with Crippen molar-refractivity contribution in [2.75, 3.05) is 0 Å². The van der Waals surface area contributed by atoms with Crippen LogP contribution in [0.3, 0.4) is 0 Å². The van der Waals surface area contributed by atoms with E-state index in [0.29, 0.717) is 0 Å². The highest BCUT2D eigenvalue weighted by Crippen LogP contribution is 1.98. The van der Waals surface area contributed by atoms with E-state index in [1.807, 2.05) is 0 Å². The van der Waals surface area contributed by atoms with Crippen molar-refractivity contribution in [3.63, 3.8) is 0 Å². The SMILES string of the molecule is C=CS/N=N\N. The third-order valence-corrected chi connectivity index (χ3v) is 0.506. The Morgan fingerprint density at radius 3 is 2.67 bits per heavy atom. The highest BCUT2D eigenvalue weighted by atomic mass is 32.2. The van der Waals surface area contributed by atoms with Gasteiger partial charge in [-0.05, 0) is 5.41 Å². The quantitative estimate of drug-likeness (QED) is 0.246. The van der Waals surface area contributed by atoms with Gasteiger partial charge in [-0.2, -0.15) is 0 Å². The van der Waals surface area contributed by atoms with Crippen LogP contribution in [0.2, 0.25) is 0 Å². The summed E-state index contributed by atoms with van der Waals surface area (Å²) in [6, 6.07) is 0. The number of rotatable bonds is 2. The van der Waals surface area contributed by atoms with E-state index in [-0.39, 0.29) is 0 Å². The van der Waals surface area contributed by atoms with Crippen molar-refractivity contribution in [3.8, 4) is 0 Å². The highest BCUT2D eigenvalue weighted by Gasteiger charge is 1.60. The zero-order valence-corrected chi connectivity index (χ0v) is 3.98. The van der Waals surface area contributed by atoms with Gasteiger partial charge in [-0.25, -0.2) is 0 Å². The largest absolute Gasteiger partial charge is 0.304 e. The molecule has 0 aliphatic rings. The molecule has 0 saturated heterocycles. The number of nitrogens with zero attached hydrogens (tertiary/aromatic N) is 2. The summed E-state index contributed by atoms with van der Waals surface area (Å²) >= 11 is 1.11. The van der Waals surface area contributed by atoms with Gasteiger partial charge in [0.1, 0.15) is 0 Å². The third kappa shape index (κ3) is 3.49. The molecule has 0 aromatic heterocycles. The van der Waals surface area contributed by atoms with Gasteiger partial charge in [0.25, 0.3) is 0 Å². The lowest BCUT2D eigenvalue weighted by atomic mass is 11.3. The molecule has 0 radical (unpaired) electrons. The first kappa shape index (κ1) is 5.49. The summed E-state index contributed by atoms with van der Waals surface area (Å²) in [5, 5.41) is 4.48. The second kappa shape index (κ2) is 4.49. The van der Waals surface area contributed by atoms with Gasteiger partial charge >= 0.3 is 0 Å². The highest BCUT2D eigenvalue weighted by molar-refractivity contribution is 8.00. The van der Waals surface area contributed by atoms with Crippen LogP contribution in [0.4, 0.5) is 0 Å². The van der Waals surface area contributed by atoms with Crippen molar-refractivity contribution >= 4 is 11.9 Å². The van der Waals surface area contributed by atoms with Crippen LogP contribution >= 0.6 is 11.9 Å². The molecule has 0 aliphatic carbocycles. The van der Waals surface area contributed by atoms with Gasteiger partial charge in [-0.3, -0.25) is 0 Å². The standard InChI is InChI=1S/C2H5N3S/c1-2-6-5-4-3/h2H,1H2,(H2,3,5). The molecule has 2 N–H and O–H groups in total. The predicted molar refractivity (Wildman–Crippen MR) is 26.8 cm³/mol. The van der Waals surface area contributed by atoms with E-state index in [0.717, 1.165) is 11.9 Å². The third-order valence-electron chi connectivity index (χ3n) is 0.169. The van der Waals surface area contributed by atoms with Gasteiger partial charge in [0.05, 0.1) is 0 Å². The lowest BCUT2D eigenvalue weighted by Crippen LogP contribution is -1.69. The van der Waals surface area contributed by atoms with E-state index in [9.17, 15) is 0 Å². The summed E-state index contributed by atoms with van der Waals surface area (Å²) in [6.45, 7) is 3.35. The van der Waals surface area contributed by atoms with Crippen molar-refractivity contribution in [1.29, 1.82) is 0 Å². The molecule has 0 aliphatic heterocycles. The van der Waals surface area contributed by atoms with Crippen LogP contribution in [0.5, 0.6) is 0 Å². The monoisotopic (exact) mass is 103 g/mol. The smallest absolute Gasteiger partial charge is 0.0273 e. The van der Waals surface area contributed by atoms with Gasteiger partial charge in [-0.1, -0.05) is 16.3 Å². The summed E-state index contributed by atoms with van der Waals surface area (Å²) in [5.74, 6) is 4.60. The van der Waals surface area contributed by atoms with Crippen molar-refractivity contribution < 1.29 is 0 Å². The second-order valence-electron chi connectivity index (χ2n) is 0.469. The average molecular weight is 103 g/mol. The Labute approximate surface area is 40.4 Å². The van der Waals surface area contributed by atoms with Crippen molar-refractivity contribution in [2.24, 2.45) is 15.6 Å². The van der Waals surface area contributed by atoms with E-state index >= 15 is 0 Å². The normalized spacial score (nSPS) is 9.33. The molecular weight excluding hydrogens is 98.1 g/mol. The van der Waals surface area contributed by atoms with Gasteiger partial charge in [0.2, 0.25) is 0 Å². The molecule has 0 amide bonds. The number of nitrogens with two attached hydrogens (primary N) is 1. The predicted octanol–water partition coefficient (Wildman–Crippen LogP) is 1.10. The van der Waals surface area contributed by atoms with Crippen LogP contribution < -0.4 is 5.84 Å². The van der Waals surface area contributed by atoms with Crippen LogP contribution in [0.25, 0.3) is 0 Å². The Morgan fingerprint density at radius 2 is 2.50 bits per heavy atom. The lowest BCUT2D eigenvalue weighted by Gasteiger charge is -1.68. The fraction of sp³-hybridized carbons (Fsp3) is 0. The van der Waals surface area contributed by atoms with E-state index in [2.05, 4.69) is 22.2 Å². The Bertz CT molecular complexity index is 59.8. The molecule has 0 rings (SSSR count). The number of hydrogen-bond donors (Lipinski definition) is 1. The van der Waals surface area contributed by atoms with E-state index in [4.69, 9.17) is 0 Å². The van der Waals surface area contributed by atoms with Crippen molar-refractivity contribution in [3.05, 3.63) is 12.0 Å². The molecule has 0 unspecified atom stereocenters. The molecule has 0 atom stereocenters. The Hall–Kier alpha value is -0.510. The average Bonchev–Trinajstić information content (AvgIpc) is 1.61. The summed E-state index contributed by atoms with van der Waals surface area (Å²) in [7, 11) is 0. The van der Waals surface area contributed by atoms with Crippen molar-refractivity contribution in [1.82, 2.24) is 0 Å². The second-order valence-corrected chi connectivity index (χ2v) is 1.18. The van der Waals surface area contributed by atoms with E-state index in [1.165, 1.54) is 5.41 Å². The van der Waals surface area contributed by atoms with Gasteiger partial charge < -0.3 is 5.84 Å². The van der Waals surface area contributed by atoms with Gasteiger partial charge in [0.15, 0.2) is 0 Å². The zero-order chi connectivity index (χ0) is 4.83. The van der Waals surface area contributed by atoms with Crippen LogP contribution in [-0.2, 0) is 0 Å². The Morgan fingerprint density at radius 1 is 1.83 bits per heavy atom. The first-order valence-corrected chi connectivity index (χ1v) is 2.12. The first-order chi connectivity index (χ1) is 2.91. The maximum absolute atomic E-state index is 4.60. The minimum atomic E-state index is 1.11. The molecule has 34 valence electrons. The summed E-state index contributed by atoms with van der Waals surface area (Å²) in [6.07, 6.45) is 0. The van der Waals surface area contributed by atoms with Gasteiger partial charge in [0, 0.05) is 11.9 Å². The van der Waals surface area contributed by atoms with Crippen LogP contribution in [-0.4, -0.2) is 0 Å². The molecule has 0 saturated carbocycles. The molecule has 0 spiro atoms. The minimum absolute atomic E-state index is 1.11. The summed E-state index contributed by atoms with van der Waals surface area (Å²) in [4.78, 5) is 0. The van der Waals surface area contributed by atoms with E-state index in [1.54, 1.807) is 0 Å². The number of hydrogen-bond acceptors (Lipinski definition) is 3. The molecule has 0 aromatic carbocycles. The van der Waals surface area contributed by atoms with Crippen LogP contribution in [0.1, 0.15) is 0 Å². The van der Waals surface area contributed by atoms with Crippen molar-refractivity contribution in [2.45, 2.75) is 0 Å². The molecule has 0 aromatic rings. The molecule has 3 nitrogen and oxygen atoms in total. The van der Waals surface area contributed by atoms with Crippen LogP contribution in [0, 0.1) is 0 Å². The molecule has 0 heterocycles. The Kier molecular flexibility index (Phi) is 4.11. The zero-order valence-electron chi connectivity index (χ0n) is 3.16. The topological polar surface area (TPSA) is 50.7 Å². The summed E-state index contributed by atoms with van der Waals surface area (Å²) < 4.78 is 3.29. The molecule has 4 heteroatoms. The maximum atomic E-state index is 4.60. The lowest BCUT2D eigenvalue weighted by molar-refractivity contribution is 1.12. The molecule has 6 heavy (non-hydrogen) atoms. The first-order valence-electron chi connectivity index (χ1n) is 1.28. The van der Waals surface area contributed by atoms with E-state index < -0.39 is 0 Å².